The third-order valence-electron chi connectivity index (χ3n) is 9.11. The summed E-state index contributed by atoms with van der Waals surface area (Å²) in [6.07, 6.45) is 26.3. The molecule has 0 N–H and O–H groups in total. The summed E-state index contributed by atoms with van der Waals surface area (Å²) in [7, 11) is 0. The molecule has 1 unspecified atom stereocenters. The van der Waals surface area contributed by atoms with Crippen LogP contribution in [0.25, 0.3) is 0 Å². The van der Waals surface area contributed by atoms with E-state index in [1.807, 2.05) is 36.5 Å². The van der Waals surface area contributed by atoms with E-state index in [9.17, 15) is 14.4 Å². The summed E-state index contributed by atoms with van der Waals surface area (Å²) in [5, 5.41) is -0.888. The minimum atomic E-state index is -0.523. The summed E-state index contributed by atoms with van der Waals surface area (Å²) in [6, 6.07) is 11.7. The first kappa shape index (κ1) is 39.6. The van der Waals surface area contributed by atoms with Gasteiger partial charge < -0.3 is 9.47 Å². The van der Waals surface area contributed by atoms with Gasteiger partial charge in [-0.05, 0) is 48.6 Å². The molecule has 1 saturated heterocycles. The van der Waals surface area contributed by atoms with E-state index in [1.165, 1.54) is 95.5 Å². The quantitative estimate of drug-likeness (QED) is 0.0685. The first-order valence-corrected chi connectivity index (χ1v) is 19.7. The Hall–Kier alpha value is -2.87. The van der Waals surface area contributed by atoms with Gasteiger partial charge in [-0.3, -0.25) is 19.4 Å². The predicted molar refractivity (Wildman–Crippen MR) is 196 cm³/mol. The van der Waals surface area contributed by atoms with Crippen LogP contribution in [0.1, 0.15) is 146 Å². The summed E-state index contributed by atoms with van der Waals surface area (Å²) in [5.74, 6) is 0.0883. The number of pyridine rings is 1. The summed E-state index contributed by atoms with van der Waals surface area (Å²) < 4.78 is 11.2. The Kier molecular flexibility index (Phi) is 20.0. The number of amides is 2. The van der Waals surface area contributed by atoms with Gasteiger partial charge in [0.2, 0.25) is 5.91 Å². The molecular weight excluding hydrogens is 621 g/mol. The van der Waals surface area contributed by atoms with Crippen LogP contribution in [-0.4, -0.2) is 45.6 Å². The van der Waals surface area contributed by atoms with Gasteiger partial charge in [-0.15, -0.1) is 0 Å². The molecule has 2 aromatic rings. The Labute approximate surface area is 294 Å². The highest BCUT2D eigenvalue weighted by molar-refractivity contribution is 8.15. The van der Waals surface area contributed by atoms with Crippen molar-refractivity contribution in [2.24, 2.45) is 0 Å². The fourth-order valence-electron chi connectivity index (χ4n) is 5.97. The second kappa shape index (κ2) is 24.3. The van der Waals surface area contributed by atoms with Crippen LogP contribution in [0, 0.1) is 0 Å². The van der Waals surface area contributed by atoms with Crippen molar-refractivity contribution in [1.82, 2.24) is 9.88 Å². The highest BCUT2D eigenvalue weighted by Gasteiger charge is 2.40. The van der Waals surface area contributed by atoms with Gasteiger partial charge in [-0.25, -0.2) is 4.90 Å². The van der Waals surface area contributed by atoms with Gasteiger partial charge in [0.25, 0.3) is 5.24 Å². The number of rotatable bonds is 27. The lowest BCUT2D eigenvalue weighted by Crippen LogP contribution is -2.35. The molecule has 8 heteroatoms. The molecule has 1 aliphatic rings. The molecule has 0 saturated carbocycles. The fraction of sp³-hybridized carbons (Fsp3) is 0.650. The number of aryl methyl sites for hydroxylation is 1. The molecular formula is C40H60N2O5S. The van der Waals surface area contributed by atoms with Crippen LogP contribution >= 0.6 is 11.8 Å². The van der Waals surface area contributed by atoms with Crippen LogP contribution in [0.5, 0.6) is 5.75 Å². The third kappa shape index (κ3) is 16.0. The second-order valence-corrected chi connectivity index (χ2v) is 14.3. The molecule has 0 radical (unpaired) electrons. The Morgan fingerprint density at radius 2 is 1.31 bits per heavy atom. The maximum atomic E-state index is 12.9. The lowest BCUT2D eigenvalue weighted by atomic mass is 10.0. The van der Waals surface area contributed by atoms with Gasteiger partial charge in [0.05, 0.1) is 11.9 Å². The predicted octanol–water partition coefficient (Wildman–Crippen LogP) is 10.4. The van der Waals surface area contributed by atoms with Gasteiger partial charge in [-0.2, -0.15) is 0 Å². The van der Waals surface area contributed by atoms with E-state index in [1.54, 1.807) is 0 Å². The van der Waals surface area contributed by atoms with Crippen molar-refractivity contribution >= 4 is 28.9 Å². The summed E-state index contributed by atoms with van der Waals surface area (Å²) in [6.45, 7) is 4.60. The molecule has 2 amide bonds. The zero-order valence-electron chi connectivity index (χ0n) is 29.7. The van der Waals surface area contributed by atoms with Crippen molar-refractivity contribution in [2.75, 3.05) is 13.3 Å². The van der Waals surface area contributed by atoms with E-state index in [0.717, 1.165) is 65.8 Å². The normalized spacial score (nSPS) is 14.5. The fourth-order valence-corrected chi connectivity index (χ4v) is 6.99. The average molecular weight is 681 g/mol. The van der Waals surface area contributed by atoms with E-state index in [2.05, 4.69) is 24.9 Å². The molecule has 1 atom stereocenters. The Balaban J connectivity index is 1.18. The molecule has 7 nitrogen and oxygen atoms in total. The van der Waals surface area contributed by atoms with E-state index in [4.69, 9.17) is 9.47 Å². The monoisotopic (exact) mass is 680 g/mol. The second-order valence-electron chi connectivity index (χ2n) is 13.1. The number of aromatic nitrogens is 1. The maximum Gasteiger partial charge on any atom is 0.307 e. The highest BCUT2D eigenvalue weighted by Crippen LogP contribution is 2.30. The van der Waals surface area contributed by atoms with E-state index < -0.39 is 5.25 Å². The van der Waals surface area contributed by atoms with Crippen LogP contribution in [0.4, 0.5) is 4.79 Å². The number of ether oxygens (including phenoxy) is 2. The van der Waals surface area contributed by atoms with Gasteiger partial charge in [-0.1, -0.05) is 147 Å². The molecule has 1 aliphatic heterocycles. The minimum absolute atomic E-state index is 0.304. The zero-order chi connectivity index (χ0) is 34.2. The van der Waals surface area contributed by atoms with E-state index in [0.29, 0.717) is 19.4 Å². The molecule has 266 valence electrons. The number of imide groups is 1. The minimum Gasteiger partial charge on any atom is -0.493 e. The van der Waals surface area contributed by atoms with Crippen molar-refractivity contribution in [1.29, 1.82) is 0 Å². The lowest BCUT2D eigenvalue weighted by molar-refractivity contribution is -0.149. The molecule has 3 rings (SSSR count). The van der Waals surface area contributed by atoms with Crippen molar-refractivity contribution in [2.45, 2.75) is 154 Å². The summed E-state index contributed by atoms with van der Waals surface area (Å²) in [5.41, 5.74) is 3.15. The van der Waals surface area contributed by atoms with Crippen LogP contribution < -0.4 is 4.74 Å². The average Bonchev–Trinajstić information content (AvgIpc) is 3.36. The molecule has 48 heavy (non-hydrogen) atoms. The summed E-state index contributed by atoms with van der Waals surface area (Å²) in [4.78, 5) is 43.2. The van der Waals surface area contributed by atoms with E-state index in [-0.39, 0.29) is 23.8 Å². The molecule has 0 spiro atoms. The Morgan fingerprint density at radius 1 is 0.750 bits per heavy atom. The van der Waals surface area contributed by atoms with Crippen molar-refractivity contribution < 1.29 is 23.9 Å². The van der Waals surface area contributed by atoms with Crippen LogP contribution in [0.15, 0.2) is 42.6 Å². The van der Waals surface area contributed by atoms with Crippen molar-refractivity contribution in [3.05, 3.63) is 59.4 Å². The number of nitrogens with zero attached hydrogens (tertiary/aromatic N) is 2. The lowest BCUT2D eigenvalue weighted by Gasteiger charge is -2.14. The SMILES string of the molecule is CCCCCCCCCCCCCCCCCCCC(=O)OCN1C(=O)SC(Cc2ccc(OCCc3ccc(CC)cn3)cc2)C1=O. The highest BCUT2D eigenvalue weighted by atomic mass is 32.2. The van der Waals surface area contributed by atoms with E-state index >= 15 is 0 Å². The van der Waals surface area contributed by atoms with Crippen LogP contribution in [-0.2, 0) is 33.6 Å². The number of thioether (sulfide) groups is 1. The number of hydrogen-bond donors (Lipinski definition) is 0. The third-order valence-corrected chi connectivity index (χ3v) is 10.2. The topological polar surface area (TPSA) is 85.8 Å². The van der Waals surface area contributed by atoms with Gasteiger partial charge in [0, 0.05) is 24.7 Å². The molecule has 1 fully saturated rings. The first-order valence-electron chi connectivity index (χ1n) is 18.8. The maximum absolute atomic E-state index is 12.9. The molecule has 1 aromatic carbocycles. The Bertz CT molecular complexity index is 1190. The van der Waals surface area contributed by atoms with Crippen LogP contribution in [0.2, 0.25) is 0 Å². The number of carbonyl (C=O) groups excluding carboxylic acids is 3. The first-order chi connectivity index (χ1) is 23.5. The standard InChI is InChI=1S/C40H60N2O5S/c1-3-5-6-7-8-9-10-11-12-13-14-15-16-17-18-19-20-21-38(43)47-32-42-39(44)37(48-40(42)45)30-34-23-26-36(27-24-34)46-29-28-35-25-22-33(4-2)31-41-35/h22-27,31,37H,3-21,28-30,32H2,1-2H3. The van der Waals surface area contributed by atoms with Crippen molar-refractivity contribution in [3.63, 3.8) is 0 Å². The smallest absolute Gasteiger partial charge is 0.307 e. The zero-order valence-corrected chi connectivity index (χ0v) is 30.5. The number of hydrogen-bond acceptors (Lipinski definition) is 7. The molecule has 2 heterocycles. The molecule has 0 bridgehead atoms. The number of benzene rings is 1. The molecule has 1 aromatic heterocycles. The van der Waals surface area contributed by atoms with Gasteiger partial charge >= 0.3 is 5.97 Å². The number of esters is 1. The molecule has 0 aliphatic carbocycles. The Morgan fingerprint density at radius 3 is 1.85 bits per heavy atom. The number of unbranched alkanes of at least 4 members (excludes halogenated alkanes) is 16. The number of carbonyl (C=O) groups is 3. The van der Waals surface area contributed by atoms with Gasteiger partial charge in [0.15, 0.2) is 6.73 Å². The van der Waals surface area contributed by atoms with Gasteiger partial charge in [0.1, 0.15) is 5.75 Å². The van der Waals surface area contributed by atoms with Crippen molar-refractivity contribution in [3.8, 4) is 5.75 Å². The largest absolute Gasteiger partial charge is 0.493 e. The summed E-state index contributed by atoms with van der Waals surface area (Å²) >= 11 is 0.995. The van der Waals surface area contributed by atoms with Crippen LogP contribution in [0.3, 0.4) is 0 Å².